The second-order valence-electron chi connectivity index (χ2n) is 5.77. The van der Waals surface area contributed by atoms with E-state index in [4.69, 9.17) is 0 Å². The van der Waals surface area contributed by atoms with Crippen molar-refractivity contribution in [2.24, 2.45) is 11.8 Å². The van der Waals surface area contributed by atoms with Gasteiger partial charge in [0.25, 0.3) is 0 Å². The van der Waals surface area contributed by atoms with E-state index in [2.05, 4.69) is 29.0 Å². The third-order valence-electron chi connectivity index (χ3n) is 4.39. The number of hydrogen-bond acceptors (Lipinski definition) is 3. The molecule has 0 bridgehead atoms. The van der Waals surface area contributed by atoms with E-state index in [1.165, 1.54) is 58.7 Å². The first kappa shape index (κ1) is 13.3. The Hall–Kier alpha value is -0.120. The zero-order valence-corrected chi connectivity index (χ0v) is 11.6. The fourth-order valence-corrected chi connectivity index (χ4v) is 3.31. The molecule has 0 aliphatic carbocycles. The molecule has 0 amide bonds. The van der Waals surface area contributed by atoms with Crippen LogP contribution in [-0.2, 0) is 0 Å². The molecular weight excluding hydrogens is 210 g/mol. The number of rotatable bonds is 6. The molecule has 3 heteroatoms. The first-order valence-electron chi connectivity index (χ1n) is 7.47. The lowest BCUT2D eigenvalue weighted by Crippen LogP contribution is -2.31. The molecule has 2 fully saturated rings. The fraction of sp³-hybridized carbons (Fsp3) is 1.00. The van der Waals surface area contributed by atoms with Gasteiger partial charge in [-0.2, -0.15) is 0 Å². The van der Waals surface area contributed by atoms with E-state index < -0.39 is 0 Å². The third kappa shape index (κ3) is 3.94. The molecule has 2 atom stereocenters. The first-order valence-corrected chi connectivity index (χ1v) is 7.47. The second-order valence-corrected chi connectivity index (χ2v) is 5.77. The Bertz CT molecular complexity index is 220. The molecule has 1 N–H and O–H groups in total. The van der Waals surface area contributed by atoms with Gasteiger partial charge in [-0.05, 0) is 57.4 Å². The lowest BCUT2D eigenvalue weighted by atomic mass is 10.1. The maximum absolute atomic E-state index is 3.49. The molecule has 2 heterocycles. The van der Waals surface area contributed by atoms with Crippen molar-refractivity contribution in [3.63, 3.8) is 0 Å². The van der Waals surface area contributed by atoms with E-state index in [0.29, 0.717) is 0 Å². The summed E-state index contributed by atoms with van der Waals surface area (Å²) in [7, 11) is 0. The highest BCUT2D eigenvalue weighted by Crippen LogP contribution is 2.21. The Morgan fingerprint density at radius 1 is 1.00 bits per heavy atom. The van der Waals surface area contributed by atoms with Gasteiger partial charge < -0.3 is 15.1 Å². The quantitative estimate of drug-likeness (QED) is 0.753. The van der Waals surface area contributed by atoms with Crippen LogP contribution < -0.4 is 5.32 Å². The summed E-state index contributed by atoms with van der Waals surface area (Å²) in [5, 5.41) is 3.49. The van der Waals surface area contributed by atoms with Gasteiger partial charge in [0.1, 0.15) is 0 Å². The van der Waals surface area contributed by atoms with Gasteiger partial charge in [-0.3, -0.25) is 0 Å². The van der Waals surface area contributed by atoms with Crippen molar-refractivity contribution in [2.75, 3.05) is 52.4 Å². The molecule has 100 valence electrons. The molecule has 17 heavy (non-hydrogen) atoms. The Morgan fingerprint density at radius 3 is 2.41 bits per heavy atom. The van der Waals surface area contributed by atoms with Crippen molar-refractivity contribution in [3.8, 4) is 0 Å². The molecule has 2 aliphatic rings. The molecule has 0 aromatic heterocycles. The summed E-state index contributed by atoms with van der Waals surface area (Å²) in [6.45, 7) is 14.7. The molecule has 0 aromatic carbocycles. The molecule has 0 spiro atoms. The van der Waals surface area contributed by atoms with E-state index in [1.54, 1.807) is 0 Å². The van der Waals surface area contributed by atoms with Gasteiger partial charge in [0.15, 0.2) is 0 Å². The van der Waals surface area contributed by atoms with Crippen molar-refractivity contribution >= 4 is 0 Å². The molecule has 0 aromatic rings. The zero-order valence-electron chi connectivity index (χ0n) is 11.6. The lowest BCUT2D eigenvalue weighted by molar-refractivity contribution is 0.259. The number of nitrogens with zero attached hydrogens (tertiary/aromatic N) is 2. The largest absolute Gasteiger partial charge is 0.317 e. The van der Waals surface area contributed by atoms with Gasteiger partial charge in [-0.25, -0.2) is 0 Å². The molecule has 0 radical (unpaired) electrons. The van der Waals surface area contributed by atoms with Gasteiger partial charge in [0.05, 0.1) is 0 Å². The van der Waals surface area contributed by atoms with Crippen molar-refractivity contribution in [1.82, 2.24) is 15.1 Å². The van der Waals surface area contributed by atoms with E-state index in [1.807, 2.05) is 0 Å². The van der Waals surface area contributed by atoms with Crippen molar-refractivity contribution in [2.45, 2.75) is 26.7 Å². The van der Waals surface area contributed by atoms with Crippen molar-refractivity contribution in [3.05, 3.63) is 0 Å². The van der Waals surface area contributed by atoms with Crippen LogP contribution in [0.4, 0.5) is 0 Å². The summed E-state index contributed by atoms with van der Waals surface area (Å²) < 4.78 is 0. The standard InChI is InChI=1S/C14H29N3/c1-3-15-9-13-5-8-17(10-13)12-14-6-7-16(4-2)11-14/h13-15H,3-12H2,1-2H3. The summed E-state index contributed by atoms with van der Waals surface area (Å²) in [5.74, 6) is 1.84. The van der Waals surface area contributed by atoms with E-state index in [-0.39, 0.29) is 0 Å². The van der Waals surface area contributed by atoms with Crippen molar-refractivity contribution in [1.29, 1.82) is 0 Å². The number of nitrogens with one attached hydrogen (secondary N) is 1. The molecule has 0 saturated carbocycles. The molecular formula is C14H29N3. The average molecular weight is 239 g/mol. The monoisotopic (exact) mass is 239 g/mol. The summed E-state index contributed by atoms with van der Waals surface area (Å²) >= 11 is 0. The summed E-state index contributed by atoms with van der Waals surface area (Å²) in [6, 6.07) is 0. The Morgan fingerprint density at radius 2 is 1.71 bits per heavy atom. The average Bonchev–Trinajstić information content (AvgIpc) is 2.96. The maximum Gasteiger partial charge on any atom is 0.00225 e. The normalized spacial score (nSPS) is 31.4. The van der Waals surface area contributed by atoms with Gasteiger partial charge in [0, 0.05) is 19.6 Å². The van der Waals surface area contributed by atoms with Crippen LogP contribution in [0.25, 0.3) is 0 Å². The topological polar surface area (TPSA) is 18.5 Å². The molecule has 2 unspecified atom stereocenters. The summed E-state index contributed by atoms with van der Waals surface area (Å²) in [5.41, 5.74) is 0. The van der Waals surface area contributed by atoms with Crippen LogP contribution in [0.1, 0.15) is 26.7 Å². The van der Waals surface area contributed by atoms with Crippen LogP contribution in [0.2, 0.25) is 0 Å². The van der Waals surface area contributed by atoms with Gasteiger partial charge >= 0.3 is 0 Å². The minimum absolute atomic E-state index is 0.902. The lowest BCUT2D eigenvalue weighted by Gasteiger charge is -2.21. The van der Waals surface area contributed by atoms with Crippen LogP contribution in [0, 0.1) is 11.8 Å². The first-order chi connectivity index (χ1) is 8.31. The van der Waals surface area contributed by atoms with E-state index >= 15 is 0 Å². The minimum Gasteiger partial charge on any atom is -0.317 e. The Labute approximate surface area is 107 Å². The van der Waals surface area contributed by atoms with Crippen LogP contribution in [-0.4, -0.2) is 62.2 Å². The molecule has 2 saturated heterocycles. The third-order valence-corrected chi connectivity index (χ3v) is 4.39. The highest BCUT2D eigenvalue weighted by atomic mass is 15.2. The van der Waals surface area contributed by atoms with Crippen molar-refractivity contribution < 1.29 is 0 Å². The maximum atomic E-state index is 3.49. The minimum atomic E-state index is 0.902. The Balaban J connectivity index is 1.64. The Kier molecular flexibility index (Phi) is 5.26. The number of likely N-dealkylation sites (tertiary alicyclic amines) is 2. The number of hydrogen-bond donors (Lipinski definition) is 1. The van der Waals surface area contributed by atoms with E-state index in [9.17, 15) is 0 Å². The van der Waals surface area contributed by atoms with E-state index in [0.717, 1.165) is 18.4 Å². The predicted octanol–water partition coefficient (Wildman–Crippen LogP) is 1.26. The van der Waals surface area contributed by atoms with Crippen LogP contribution in [0.3, 0.4) is 0 Å². The van der Waals surface area contributed by atoms with Gasteiger partial charge in [-0.1, -0.05) is 13.8 Å². The second kappa shape index (κ2) is 6.72. The molecule has 3 nitrogen and oxygen atoms in total. The highest BCUT2D eigenvalue weighted by Gasteiger charge is 2.27. The molecule has 2 aliphatic heterocycles. The zero-order chi connectivity index (χ0) is 12.1. The van der Waals surface area contributed by atoms with Crippen LogP contribution in [0.15, 0.2) is 0 Å². The van der Waals surface area contributed by atoms with Crippen LogP contribution in [0.5, 0.6) is 0 Å². The van der Waals surface area contributed by atoms with Gasteiger partial charge in [-0.15, -0.1) is 0 Å². The van der Waals surface area contributed by atoms with Crippen LogP contribution >= 0.6 is 0 Å². The predicted molar refractivity (Wildman–Crippen MR) is 73.3 cm³/mol. The highest BCUT2D eigenvalue weighted by molar-refractivity contribution is 4.82. The smallest absolute Gasteiger partial charge is 0.00225 e. The van der Waals surface area contributed by atoms with Gasteiger partial charge in [0.2, 0.25) is 0 Å². The summed E-state index contributed by atoms with van der Waals surface area (Å²) in [4.78, 5) is 5.29. The fourth-order valence-electron chi connectivity index (χ4n) is 3.31. The summed E-state index contributed by atoms with van der Waals surface area (Å²) in [6.07, 6.45) is 2.82. The SMILES string of the molecule is CCNCC1CCN(CC2CCN(CC)C2)C1. The molecule has 2 rings (SSSR count).